The first-order valence-electron chi connectivity index (χ1n) is 1.74. The minimum atomic E-state index is -1.56. The molecule has 0 saturated carbocycles. The molecular formula is C3H11NOSiSn. The van der Waals surface area contributed by atoms with Crippen molar-refractivity contribution in [3.8, 4) is 0 Å². The summed E-state index contributed by atoms with van der Waals surface area (Å²) in [6.07, 6.45) is 0. The van der Waals surface area contributed by atoms with E-state index in [1.165, 1.54) is 0 Å². The van der Waals surface area contributed by atoms with Gasteiger partial charge in [0.15, 0.2) is 0 Å². The molecule has 1 amide bonds. The van der Waals surface area contributed by atoms with Crippen LogP contribution in [0.2, 0.25) is 9.88 Å². The SMILES string of the molecule is [CH3][Sn]([CH3])[C](N)=O.[SiH3]. The fourth-order valence-electron chi connectivity index (χ4n) is 0. The van der Waals surface area contributed by atoms with Gasteiger partial charge < -0.3 is 0 Å². The van der Waals surface area contributed by atoms with Gasteiger partial charge in [-0.15, -0.1) is 0 Å². The number of hydrogen-bond donors (Lipinski definition) is 1. The topological polar surface area (TPSA) is 43.1 Å². The Bertz CT molecular complexity index is 66.0. The van der Waals surface area contributed by atoms with Crippen LogP contribution in [0.5, 0.6) is 0 Å². The van der Waals surface area contributed by atoms with Crippen molar-refractivity contribution >= 4 is 34.6 Å². The molecule has 0 aromatic carbocycles. The predicted octanol–water partition coefficient (Wildman–Crippen LogP) is -0.783. The molecule has 0 aliphatic heterocycles. The molecule has 0 atom stereocenters. The van der Waals surface area contributed by atoms with E-state index in [0.29, 0.717) is 0 Å². The van der Waals surface area contributed by atoms with Crippen LogP contribution in [0.15, 0.2) is 0 Å². The molecule has 0 aliphatic carbocycles. The third-order valence-electron chi connectivity index (χ3n) is 0.493. The van der Waals surface area contributed by atoms with E-state index in [1.54, 1.807) is 0 Å². The van der Waals surface area contributed by atoms with Gasteiger partial charge in [0.2, 0.25) is 0 Å². The van der Waals surface area contributed by atoms with E-state index in [4.69, 9.17) is 5.73 Å². The van der Waals surface area contributed by atoms with Gasteiger partial charge in [-0.05, 0) is 11.0 Å². The molecule has 0 rings (SSSR count). The molecule has 0 aromatic rings. The van der Waals surface area contributed by atoms with Crippen LogP contribution in [0.1, 0.15) is 0 Å². The first kappa shape index (κ1) is 10.5. The van der Waals surface area contributed by atoms with Crippen LogP contribution < -0.4 is 5.73 Å². The smallest absolute Gasteiger partial charge is 0.0125 e. The van der Waals surface area contributed by atoms with E-state index in [9.17, 15) is 4.79 Å². The van der Waals surface area contributed by atoms with E-state index in [0.717, 1.165) is 0 Å². The zero-order valence-electron chi connectivity index (χ0n) is 4.99. The number of hydrogen-bond acceptors (Lipinski definition) is 1. The zero-order valence-corrected chi connectivity index (χ0v) is 9.84. The fraction of sp³-hybridized carbons (Fsp3) is 0.667. The first-order valence-corrected chi connectivity index (χ1v) is 8.88. The second-order valence-corrected chi connectivity index (χ2v) is 8.48. The monoisotopic (exact) mass is 225 g/mol. The summed E-state index contributed by atoms with van der Waals surface area (Å²) in [7, 11) is 0. The largest absolute Gasteiger partial charge is 0.0125 e. The van der Waals surface area contributed by atoms with Gasteiger partial charge in [-0.1, -0.05) is 0 Å². The summed E-state index contributed by atoms with van der Waals surface area (Å²) in [4.78, 5) is 13.9. The normalized spacial score (nSPS) is 7.86. The summed E-state index contributed by atoms with van der Waals surface area (Å²) in [5, 5.41) is 0. The molecule has 2 radical (unpaired) electrons. The van der Waals surface area contributed by atoms with Gasteiger partial charge in [0.05, 0.1) is 0 Å². The molecule has 0 spiro atoms. The van der Waals surface area contributed by atoms with Crippen molar-refractivity contribution in [1.29, 1.82) is 0 Å². The zero-order chi connectivity index (χ0) is 5.15. The Hall–Kier alpha value is 0.486. The summed E-state index contributed by atoms with van der Waals surface area (Å²) in [6.45, 7) is 0. The number of primary amides is 1. The third-order valence-corrected chi connectivity index (χ3v) is 3.31. The Morgan fingerprint density at radius 2 is 1.71 bits per heavy atom. The standard InChI is InChI=1S/CH2NO.2CH3.H3Si.Sn/c2-1-3;;;;/h(H2,2,3);3*1H3;. The van der Waals surface area contributed by atoms with Crippen LogP contribution in [0.3, 0.4) is 0 Å². The summed E-state index contributed by atoms with van der Waals surface area (Å²) in [5.74, 6) is 0. The van der Waals surface area contributed by atoms with Crippen molar-refractivity contribution < 1.29 is 4.79 Å². The second-order valence-electron chi connectivity index (χ2n) is 1.36. The summed E-state index contributed by atoms with van der Waals surface area (Å²) < 4.78 is -0.0441. The van der Waals surface area contributed by atoms with E-state index < -0.39 is 19.8 Å². The molecular weight excluding hydrogens is 213 g/mol. The van der Waals surface area contributed by atoms with Gasteiger partial charge in [-0.2, -0.15) is 0 Å². The summed E-state index contributed by atoms with van der Waals surface area (Å²) >= 11 is -1.56. The number of carbonyl (C=O) groups is 1. The van der Waals surface area contributed by atoms with Crippen LogP contribution >= 0.6 is 0 Å². The molecule has 0 bridgehead atoms. The van der Waals surface area contributed by atoms with Crippen molar-refractivity contribution in [3.05, 3.63) is 0 Å². The maximum absolute atomic E-state index is 10.0. The van der Waals surface area contributed by atoms with E-state index >= 15 is 0 Å². The van der Waals surface area contributed by atoms with Crippen molar-refractivity contribution in [2.75, 3.05) is 0 Å². The van der Waals surface area contributed by atoms with Gasteiger partial charge in [0, 0.05) is 0 Å². The number of amides is 1. The quantitative estimate of drug-likeness (QED) is 0.583. The van der Waals surface area contributed by atoms with Gasteiger partial charge >= 0.3 is 44.1 Å². The van der Waals surface area contributed by atoms with Crippen LogP contribution in [0, 0.1) is 0 Å². The van der Waals surface area contributed by atoms with Crippen molar-refractivity contribution in [2.45, 2.75) is 9.88 Å². The van der Waals surface area contributed by atoms with Gasteiger partial charge in [-0.3, -0.25) is 0 Å². The Morgan fingerprint density at radius 1 is 1.57 bits per heavy atom. The Kier molecular flexibility index (Phi) is 6.94. The maximum atomic E-state index is 10.0. The van der Waals surface area contributed by atoms with E-state index in [1.807, 2.05) is 9.88 Å². The molecule has 7 heavy (non-hydrogen) atoms. The minimum Gasteiger partial charge on any atom is -0.0125 e. The average molecular weight is 224 g/mol. The van der Waals surface area contributed by atoms with E-state index in [2.05, 4.69) is 0 Å². The van der Waals surface area contributed by atoms with Gasteiger partial charge in [-0.25, -0.2) is 0 Å². The summed E-state index contributed by atoms with van der Waals surface area (Å²) in [5.41, 5.74) is 4.88. The minimum absolute atomic E-state index is 0. The molecule has 4 heteroatoms. The number of rotatable bonds is 1. The van der Waals surface area contributed by atoms with Crippen molar-refractivity contribution in [1.82, 2.24) is 0 Å². The molecule has 0 aliphatic rings. The number of carbonyl (C=O) groups excluding carboxylic acids is 1. The van der Waals surface area contributed by atoms with Gasteiger partial charge in [0.1, 0.15) is 0 Å². The maximum Gasteiger partial charge on any atom is -0.0125 e. The van der Waals surface area contributed by atoms with Crippen molar-refractivity contribution in [2.24, 2.45) is 5.73 Å². The molecule has 0 heterocycles. The van der Waals surface area contributed by atoms with Crippen LogP contribution in [-0.4, -0.2) is 34.6 Å². The summed E-state index contributed by atoms with van der Waals surface area (Å²) in [6, 6.07) is 0. The molecule has 0 aromatic heterocycles. The Balaban J connectivity index is 0. The Morgan fingerprint density at radius 3 is 1.71 bits per heavy atom. The molecule has 42 valence electrons. The van der Waals surface area contributed by atoms with Crippen LogP contribution in [0.25, 0.3) is 0 Å². The molecule has 2 nitrogen and oxygen atoms in total. The molecule has 0 unspecified atom stereocenters. The number of nitrogens with two attached hydrogens (primary N) is 1. The molecule has 0 saturated heterocycles. The first-order chi connectivity index (χ1) is 2.64. The average Bonchev–Trinajstić information content (AvgIpc) is 1.36. The fourth-order valence-corrected chi connectivity index (χ4v) is 0. The second kappa shape index (κ2) is 4.64. The van der Waals surface area contributed by atoms with Crippen LogP contribution in [-0.2, 0) is 0 Å². The van der Waals surface area contributed by atoms with Gasteiger partial charge in [0.25, 0.3) is 0 Å². The third kappa shape index (κ3) is 6.49. The molecule has 0 fully saturated rings. The van der Waals surface area contributed by atoms with Crippen molar-refractivity contribution in [3.63, 3.8) is 0 Å². The predicted molar refractivity (Wildman–Crippen MR) is 37.0 cm³/mol. The van der Waals surface area contributed by atoms with Crippen LogP contribution in [0.4, 0.5) is 4.79 Å². The Labute approximate surface area is 55.2 Å². The van der Waals surface area contributed by atoms with E-state index in [-0.39, 0.29) is 14.9 Å². The molecule has 2 N–H and O–H groups in total.